The quantitative estimate of drug-likeness (QED) is 0.827. The van der Waals surface area contributed by atoms with E-state index in [1.165, 1.54) is 10.7 Å². The number of hydrogen-bond acceptors (Lipinski definition) is 3. The Morgan fingerprint density at radius 3 is 2.69 bits per heavy atom. The Hall–Kier alpha value is -2.10. The SMILES string of the molecule is CNc1cnn(-c2ccccc2C)c(=O)c1. The number of para-hydroxylation sites is 1. The van der Waals surface area contributed by atoms with E-state index < -0.39 is 0 Å². The molecular weight excluding hydrogens is 202 g/mol. The van der Waals surface area contributed by atoms with Crippen LogP contribution in [0.4, 0.5) is 5.69 Å². The van der Waals surface area contributed by atoms with Gasteiger partial charge in [-0.05, 0) is 18.6 Å². The molecule has 0 radical (unpaired) electrons. The molecule has 0 atom stereocenters. The third kappa shape index (κ3) is 1.82. The van der Waals surface area contributed by atoms with Crippen molar-refractivity contribution in [1.29, 1.82) is 0 Å². The van der Waals surface area contributed by atoms with Crippen molar-refractivity contribution in [1.82, 2.24) is 9.78 Å². The van der Waals surface area contributed by atoms with Crippen molar-refractivity contribution in [2.45, 2.75) is 6.92 Å². The van der Waals surface area contributed by atoms with E-state index in [2.05, 4.69) is 10.4 Å². The summed E-state index contributed by atoms with van der Waals surface area (Å²) >= 11 is 0. The van der Waals surface area contributed by atoms with Crippen LogP contribution in [0.15, 0.2) is 41.3 Å². The number of anilines is 1. The molecule has 0 aliphatic rings. The number of hydrogen-bond donors (Lipinski definition) is 1. The Labute approximate surface area is 93.5 Å². The number of benzene rings is 1. The monoisotopic (exact) mass is 215 g/mol. The molecule has 0 aliphatic carbocycles. The first-order valence-corrected chi connectivity index (χ1v) is 5.05. The van der Waals surface area contributed by atoms with Crippen molar-refractivity contribution in [3.8, 4) is 5.69 Å². The lowest BCUT2D eigenvalue weighted by Gasteiger charge is -2.07. The lowest BCUT2D eigenvalue weighted by molar-refractivity contribution is 0.802. The smallest absolute Gasteiger partial charge is 0.273 e. The minimum absolute atomic E-state index is 0.138. The molecule has 0 saturated carbocycles. The van der Waals surface area contributed by atoms with Crippen LogP contribution in [0, 0.1) is 6.92 Å². The van der Waals surface area contributed by atoms with E-state index >= 15 is 0 Å². The van der Waals surface area contributed by atoms with Crippen LogP contribution in [0.1, 0.15) is 5.56 Å². The van der Waals surface area contributed by atoms with Crippen molar-refractivity contribution >= 4 is 5.69 Å². The zero-order chi connectivity index (χ0) is 11.5. The zero-order valence-electron chi connectivity index (χ0n) is 9.27. The molecule has 4 heteroatoms. The van der Waals surface area contributed by atoms with Gasteiger partial charge in [0.1, 0.15) is 0 Å². The molecule has 16 heavy (non-hydrogen) atoms. The van der Waals surface area contributed by atoms with Gasteiger partial charge in [-0.25, -0.2) is 0 Å². The lowest BCUT2D eigenvalue weighted by Crippen LogP contribution is -2.21. The van der Waals surface area contributed by atoms with Gasteiger partial charge < -0.3 is 5.32 Å². The van der Waals surface area contributed by atoms with Gasteiger partial charge in [0.15, 0.2) is 0 Å². The molecule has 0 bridgehead atoms. The van der Waals surface area contributed by atoms with Gasteiger partial charge in [0.2, 0.25) is 0 Å². The first kappa shape index (κ1) is 10.4. The Morgan fingerprint density at radius 2 is 2.06 bits per heavy atom. The van der Waals surface area contributed by atoms with Crippen LogP contribution >= 0.6 is 0 Å². The maximum atomic E-state index is 11.8. The van der Waals surface area contributed by atoms with Gasteiger partial charge in [0.05, 0.1) is 17.6 Å². The molecule has 0 amide bonds. The van der Waals surface area contributed by atoms with Gasteiger partial charge >= 0.3 is 0 Å². The van der Waals surface area contributed by atoms with Crippen LogP contribution in [-0.2, 0) is 0 Å². The Bertz CT molecular complexity index is 560. The second-order valence-corrected chi connectivity index (χ2v) is 3.53. The predicted molar refractivity (Wildman–Crippen MR) is 64.1 cm³/mol. The molecule has 0 unspecified atom stereocenters. The van der Waals surface area contributed by atoms with Crippen molar-refractivity contribution in [2.24, 2.45) is 0 Å². The van der Waals surface area contributed by atoms with Crippen molar-refractivity contribution in [2.75, 3.05) is 12.4 Å². The fourth-order valence-corrected chi connectivity index (χ4v) is 1.53. The summed E-state index contributed by atoms with van der Waals surface area (Å²) in [5.74, 6) is 0. The van der Waals surface area contributed by atoms with Crippen LogP contribution in [0.3, 0.4) is 0 Å². The van der Waals surface area contributed by atoms with E-state index in [1.807, 2.05) is 31.2 Å². The molecule has 1 N–H and O–H groups in total. The van der Waals surface area contributed by atoms with Crippen LogP contribution < -0.4 is 10.9 Å². The van der Waals surface area contributed by atoms with Crippen LogP contribution in [0.25, 0.3) is 5.69 Å². The van der Waals surface area contributed by atoms with Crippen molar-refractivity contribution < 1.29 is 0 Å². The highest BCUT2D eigenvalue weighted by Crippen LogP contribution is 2.10. The maximum absolute atomic E-state index is 11.8. The zero-order valence-corrected chi connectivity index (χ0v) is 9.27. The number of aryl methyl sites for hydroxylation is 1. The number of aromatic nitrogens is 2. The molecule has 2 rings (SSSR count). The van der Waals surface area contributed by atoms with Crippen LogP contribution in [-0.4, -0.2) is 16.8 Å². The standard InChI is InChI=1S/C12H13N3O/c1-9-5-3-4-6-11(9)15-12(16)7-10(13-2)8-14-15/h3-8,13H,1-2H3. The molecule has 0 aliphatic heterocycles. The summed E-state index contributed by atoms with van der Waals surface area (Å²) in [6, 6.07) is 9.19. The third-order valence-electron chi connectivity index (χ3n) is 2.43. The minimum Gasteiger partial charge on any atom is -0.387 e. The summed E-state index contributed by atoms with van der Waals surface area (Å²) in [5, 5.41) is 7.01. The van der Waals surface area contributed by atoms with Crippen molar-refractivity contribution in [3.63, 3.8) is 0 Å². The number of nitrogens with zero attached hydrogens (tertiary/aromatic N) is 2. The van der Waals surface area contributed by atoms with Crippen molar-refractivity contribution in [3.05, 3.63) is 52.4 Å². The number of nitrogens with one attached hydrogen (secondary N) is 1. The molecule has 0 fully saturated rings. The summed E-state index contributed by atoms with van der Waals surface area (Å²) in [7, 11) is 1.76. The summed E-state index contributed by atoms with van der Waals surface area (Å²) in [5.41, 5.74) is 2.42. The average Bonchev–Trinajstić information content (AvgIpc) is 2.30. The van der Waals surface area contributed by atoms with E-state index in [0.717, 1.165) is 16.9 Å². The summed E-state index contributed by atoms with van der Waals surface area (Å²) < 4.78 is 1.40. The first-order valence-electron chi connectivity index (χ1n) is 5.05. The third-order valence-corrected chi connectivity index (χ3v) is 2.43. The first-order chi connectivity index (χ1) is 7.72. The molecule has 1 aromatic heterocycles. The highest BCUT2D eigenvalue weighted by Gasteiger charge is 2.03. The van der Waals surface area contributed by atoms with E-state index in [-0.39, 0.29) is 5.56 Å². The van der Waals surface area contributed by atoms with E-state index in [4.69, 9.17) is 0 Å². The van der Waals surface area contributed by atoms with Crippen LogP contribution in [0.5, 0.6) is 0 Å². The Morgan fingerprint density at radius 1 is 1.31 bits per heavy atom. The molecule has 4 nitrogen and oxygen atoms in total. The predicted octanol–water partition coefficient (Wildman–Crippen LogP) is 1.58. The summed E-state index contributed by atoms with van der Waals surface area (Å²) in [6.45, 7) is 1.95. The largest absolute Gasteiger partial charge is 0.387 e. The van der Waals surface area contributed by atoms with Gasteiger partial charge in [0, 0.05) is 13.1 Å². The second kappa shape index (κ2) is 4.18. The van der Waals surface area contributed by atoms with Gasteiger partial charge in [-0.3, -0.25) is 4.79 Å². The Balaban J connectivity index is 2.58. The fraction of sp³-hybridized carbons (Fsp3) is 0.167. The maximum Gasteiger partial charge on any atom is 0.273 e. The molecule has 2 aromatic rings. The lowest BCUT2D eigenvalue weighted by atomic mass is 10.2. The molecular formula is C12H13N3O. The van der Waals surface area contributed by atoms with Gasteiger partial charge in [-0.15, -0.1) is 0 Å². The second-order valence-electron chi connectivity index (χ2n) is 3.53. The number of rotatable bonds is 2. The molecule has 1 aromatic carbocycles. The van der Waals surface area contributed by atoms with E-state index in [9.17, 15) is 4.79 Å². The summed E-state index contributed by atoms with van der Waals surface area (Å²) in [4.78, 5) is 11.8. The van der Waals surface area contributed by atoms with Gasteiger partial charge in [0.25, 0.3) is 5.56 Å². The minimum atomic E-state index is -0.138. The van der Waals surface area contributed by atoms with Gasteiger partial charge in [-0.1, -0.05) is 18.2 Å². The molecule has 1 heterocycles. The van der Waals surface area contributed by atoms with E-state index in [1.54, 1.807) is 13.2 Å². The Kier molecular flexibility index (Phi) is 2.72. The molecule has 82 valence electrons. The summed E-state index contributed by atoms with van der Waals surface area (Å²) in [6.07, 6.45) is 1.63. The van der Waals surface area contributed by atoms with Gasteiger partial charge in [-0.2, -0.15) is 9.78 Å². The fourth-order valence-electron chi connectivity index (χ4n) is 1.53. The highest BCUT2D eigenvalue weighted by molar-refractivity contribution is 5.42. The highest BCUT2D eigenvalue weighted by atomic mass is 16.1. The molecule has 0 spiro atoms. The van der Waals surface area contributed by atoms with E-state index in [0.29, 0.717) is 0 Å². The van der Waals surface area contributed by atoms with Crippen LogP contribution in [0.2, 0.25) is 0 Å². The average molecular weight is 215 g/mol. The topological polar surface area (TPSA) is 46.9 Å². The molecule has 0 saturated heterocycles. The normalized spacial score (nSPS) is 10.1.